The molecule has 1 atom stereocenters. The van der Waals surface area contributed by atoms with Crippen molar-refractivity contribution < 1.29 is 14.3 Å². The zero-order valence-corrected chi connectivity index (χ0v) is 26.1. The van der Waals surface area contributed by atoms with Crippen molar-refractivity contribution in [3.63, 3.8) is 0 Å². The molecule has 0 spiro atoms. The van der Waals surface area contributed by atoms with Gasteiger partial charge in [-0.05, 0) is 19.9 Å². The van der Waals surface area contributed by atoms with Crippen molar-refractivity contribution in [2.75, 3.05) is 13.7 Å². The summed E-state index contributed by atoms with van der Waals surface area (Å²) in [5.41, 5.74) is 0. The molecule has 0 amide bonds. The highest BCUT2D eigenvalue weighted by Crippen LogP contribution is 2.14. The zero-order valence-electron chi connectivity index (χ0n) is 26.1. The second kappa shape index (κ2) is 30.6. The van der Waals surface area contributed by atoms with E-state index in [2.05, 4.69) is 19.2 Å². The van der Waals surface area contributed by atoms with Gasteiger partial charge in [0.25, 0.3) is 0 Å². The Balaban J connectivity index is 3.54. The smallest absolute Gasteiger partial charge is 0.307 e. The minimum absolute atomic E-state index is 0.150. The summed E-state index contributed by atoms with van der Waals surface area (Å²) in [5, 5.41) is 3.03. The van der Waals surface area contributed by atoms with Crippen LogP contribution < -0.4 is 5.32 Å². The largest absolute Gasteiger partial charge is 0.466 e. The molecule has 0 saturated carbocycles. The Morgan fingerprint density at radius 2 is 0.868 bits per heavy atom. The number of hydrogen-bond acceptors (Lipinski definition) is 4. The number of carbonyl (C=O) groups excluding carboxylic acids is 2. The summed E-state index contributed by atoms with van der Waals surface area (Å²) in [6, 6.07) is -0.401. The third kappa shape index (κ3) is 26.7. The van der Waals surface area contributed by atoms with Gasteiger partial charge in [0.05, 0.1) is 19.1 Å². The summed E-state index contributed by atoms with van der Waals surface area (Å²) in [4.78, 5) is 24.7. The summed E-state index contributed by atoms with van der Waals surface area (Å²) in [6.07, 6.45) is 33.2. The van der Waals surface area contributed by atoms with Crippen molar-refractivity contribution in [2.24, 2.45) is 0 Å². The highest BCUT2D eigenvalue weighted by molar-refractivity contribution is 5.88. The summed E-state index contributed by atoms with van der Waals surface area (Å²) in [7, 11) is 1.77. The van der Waals surface area contributed by atoms with E-state index in [4.69, 9.17) is 4.74 Å². The molecule has 0 fully saturated rings. The van der Waals surface area contributed by atoms with E-state index in [1.165, 1.54) is 135 Å². The van der Waals surface area contributed by atoms with Crippen LogP contribution >= 0.6 is 0 Å². The average molecular weight is 538 g/mol. The van der Waals surface area contributed by atoms with Gasteiger partial charge in [-0.15, -0.1) is 0 Å². The Labute approximate surface area is 238 Å². The molecule has 0 aromatic carbocycles. The topological polar surface area (TPSA) is 55.4 Å². The predicted molar refractivity (Wildman–Crippen MR) is 165 cm³/mol. The first-order valence-electron chi connectivity index (χ1n) is 17.0. The number of ketones is 1. The molecule has 0 aliphatic heterocycles. The first kappa shape index (κ1) is 37.1. The molecule has 0 saturated heterocycles. The Bertz CT molecular complexity index is 508. The van der Waals surface area contributed by atoms with Gasteiger partial charge in [-0.25, -0.2) is 0 Å². The number of esters is 1. The number of unbranched alkanes of at least 4 members (excludes halogenated alkanes) is 23. The quantitative estimate of drug-likeness (QED) is 0.0706. The molecule has 1 unspecified atom stereocenters. The van der Waals surface area contributed by atoms with E-state index in [1.807, 2.05) is 0 Å². The van der Waals surface area contributed by atoms with Crippen LogP contribution in [-0.4, -0.2) is 31.4 Å². The molecule has 4 nitrogen and oxygen atoms in total. The molecule has 0 aromatic heterocycles. The minimum atomic E-state index is -0.401. The van der Waals surface area contributed by atoms with Crippen LogP contribution in [0.15, 0.2) is 0 Å². The molecule has 0 radical (unpaired) electrons. The molecule has 0 bridgehead atoms. The molecule has 0 rings (SSSR count). The standard InChI is InChI=1S/C34H67NO3/c1-4-6-8-10-12-14-16-17-18-20-22-24-26-28-30-38-34(37)31-32(35-3)33(36)29-27-25-23-21-19-15-13-11-9-7-5-2/h32,35H,4-31H2,1-3H3. The van der Waals surface area contributed by atoms with Crippen molar-refractivity contribution in [1.82, 2.24) is 5.32 Å². The van der Waals surface area contributed by atoms with Gasteiger partial charge in [-0.1, -0.05) is 162 Å². The van der Waals surface area contributed by atoms with Crippen molar-refractivity contribution in [1.29, 1.82) is 0 Å². The lowest BCUT2D eigenvalue weighted by molar-refractivity contribution is -0.145. The van der Waals surface area contributed by atoms with Gasteiger partial charge in [0.2, 0.25) is 0 Å². The number of carbonyl (C=O) groups is 2. The number of hydrogen-bond donors (Lipinski definition) is 1. The van der Waals surface area contributed by atoms with Gasteiger partial charge < -0.3 is 10.1 Å². The number of nitrogens with one attached hydrogen (secondary N) is 1. The summed E-state index contributed by atoms with van der Waals surface area (Å²) in [6.45, 7) is 5.02. The van der Waals surface area contributed by atoms with Gasteiger partial charge in [-0.2, -0.15) is 0 Å². The number of likely N-dealkylation sites (N-methyl/N-ethyl adjacent to an activating group) is 1. The Morgan fingerprint density at radius 1 is 0.526 bits per heavy atom. The second-order valence-corrected chi connectivity index (χ2v) is 11.6. The van der Waals surface area contributed by atoms with Crippen molar-refractivity contribution >= 4 is 11.8 Å². The maximum Gasteiger partial charge on any atom is 0.307 e. The highest BCUT2D eigenvalue weighted by Gasteiger charge is 2.20. The molecule has 0 aromatic rings. The molecule has 4 heteroatoms. The average Bonchev–Trinajstić information content (AvgIpc) is 2.92. The van der Waals surface area contributed by atoms with Gasteiger partial charge in [0, 0.05) is 6.42 Å². The molecule has 0 heterocycles. The normalized spacial score (nSPS) is 12.1. The predicted octanol–water partition coefficient (Wildman–Crippen LogP) is 10.3. The van der Waals surface area contributed by atoms with Gasteiger partial charge in [0.1, 0.15) is 5.78 Å². The Kier molecular flexibility index (Phi) is 29.9. The molecule has 1 N–H and O–H groups in total. The minimum Gasteiger partial charge on any atom is -0.466 e. The van der Waals surface area contributed by atoms with Crippen LogP contribution in [0.3, 0.4) is 0 Å². The van der Waals surface area contributed by atoms with Crippen LogP contribution in [0.4, 0.5) is 0 Å². The van der Waals surface area contributed by atoms with E-state index in [9.17, 15) is 9.59 Å². The number of rotatable bonds is 31. The fourth-order valence-electron chi connectivity index (χ4n) is 5.22. The van der Waals surface area contributed by atoms with Gasteiger partial charge in [0.15, 0.2) is 0 Å². The van der Waals surface area contributed by atoms with Crippen LogP contribution in [-0.2, 0) is 14.3 Å². The van der Waals surface area contributed by atoms with Gasteiger partial charge >= 0.3 is 5.97 Å². The first-order chi connectivity index (χ1) is 18.7. The lowest BCUT2D eigenvalue weighted by atomic mass is 10.0. The zero-order chi connectivity index (χ0) is 27.9. The number of Topliss-reactive ketones (excluding diaryl/α,β-unsaturated/α-hetero) is 1. The van der Waals surface area contributed by atoms with E-state index in [-0.39, 0.29) is 18.2 Å². The summed E-state index contributed by atoms with van der Waals surface area (Å²) < 4.78 is 5.41. The number of ether oxygens (including phenoxy) is 1. The van der Waals surface area contributed by atoms with Gasteiger partial charge in [-0.3, -0.25) is 9.59 Å². The molecular formula is C34H67NO3. The monoisotopic (exact) mass is 538 g/mol. The fraction of sp³-hybridized carbons (Fsp3) is 0.941. The Morgan fingerprint density at radius 3 is 1.24 bits per heavy atom. The maximum atomic E-state index is 12.5. The second-order valence-electron chi connectivity index (χ2n) is 11.6. The highest BCUT2D eigenvalue weighted by atomic mass is 16.5. The SMILES string of the molecule is CCCCCCCCCCCCCCCCOC(=O)CC(NC)C(=O)CCCCCCCCCCCCC. The molecule has 38 heavy (non-hydrogen) atoms. The van der Waals surface area contributed by atoms with E-state index < -0.39 is 6.04 Å². The van der Waals surface area contributed by atoms with Crippen LogP contribution in [0.5, 0.6) is 0 Å². The lowest BCUT2D eigenvalue weighted by Crippen LogP contribution is -2.36. The third-order valence-corrected chi connectivity index (χ3v) is 7.90. The van der Waals surface area contributed by atoms with E-state index in [0.29, 0.717) is 13.0 Å². The first-order valence-corrected chi connectivity index (χ1v) is 17.0. The van der Waals surface area contributed by atoms with Crippen LogP contribution in [0.1, 0.15) is 187 Å². The molecular weight excluding hydrogens is 470 g/mol. The Hall–Kier alpha value is -0.900. The van der Waals surface area contributed by atoms with E-state index in [1.54, 1.807) is 7.05 Å². The fourth-order valence-corrected chi connectivity index (χ4v) is 5.22. The molecule has 0 aliphatic carbocycles. The van der Waals surface area contributed by atoms with Crippen LogP contribution in [0.2, 0.25) is 0 Å². The van der Waals surface area contributed by atoms with Crippen LogP contribution in [0.25, 0.3) is 0 Å². The molecule has 226 valence electrons. The van der Waals surface area contributed by atoms with E-state index >= 15 is 0 Å². The lowest BCUT2D eigenvalue weighted by Gasteiger charge is -2.14. The van der Waals surface area contributed by atoms with Crippen molar-refractivity contribution in [3.8, 4) is 0 Å². The van der Waals surface area contributed by atoms with Crippen molar-refractivity contribution in [3.05, 3.63) is 0 Å². The maximum absolute atomic E-state index is 12.5. The summed E-state index contributed by atoms with van der Waals surface area (Å²) >= 11 is 0. The van der Waals surface area contributed by atoms with Crippen LogP contribution in [0, 0.1) is 0 Å². The third-order valence-electron chi connectivity index (χ3n) is 7.90. The molecule has 0 aliphatic rings. The van der Waals surface area contributed by atoms with E-state index in [0.717, 1.165) is 25.7 Å². The summed E-state index contributed by atoms with van der Waals surface area (Å²) in [5.74, 6) is -0.0943. The van der Waals surface area contributed by atoms with Crippen molar-refractivity contribution in [2.45, 2.75) is 193 Å².